The van der Waals surface area contributed by atoms with Gasteiger partial charge in [0.2, 0.25) is 0 Å². The van der Waals surface area contributed by atoms with E-state index in [4.69, 9.17) is 18.9 Å². The normalized spacial score (nSPS) is 17.9. The summed E-state index contributed by atoms with van der Waals surface area (Å²) >= 11 is 0. The highest BCUT2D eigenvalue weighted by Gasteiger charge is 2.37. The molecule has 2 atom stereocenters. The van der Waals surface area contributed by atoms with E-state index in [9.17, 15) is 4.79 Å². The molecule has 168 valence electrons. The Bertz CT molecular complexity index is 882. The van der Waals surface area contributed by atoms with E-state index >= 15 is 0 Å². The van der Waals surface area contributed by atoms with Gasteiger partial charge < -0.3 is 24.3 Å². The first-order chi connectivity index (χ1) is 15.1. The third kappa shape index (κ3) is 5.63. The lowest BCUT2D eigenvalue weighted by atomic mass is 9.85. The number of hydrogen-bond acceptors (Lipinski definition) is 6. The van der Waals surface area contributed by atoms with E-state index in [0.717, 1.165) is 41.8 Å². The van der Waals surface area contributed by atoms with Crippen molar-refractivity contribution in [2.24, 2.45) is 11.8 Å². The molecule has 1 heterocycles. The van der Waals surface area contributed by atoms with Gasteiger partial charge in [0, 0.05) is 13.0 Å². The topological polar surface area (TPSA) is 66.0 Å². The fraction of sp³-hybridized carbons (Fsp3) is 0.480. The highest BCUT2D eigenvalue weighted by molar-refractivity contribution is 5.75. The molecule has 6 nitrogen and oxygen atoms in total. The summed E-state index contributed by atoms with van der Waals surface area (Å²) in [4.78, 5) is 12.5. The molecule has 0 radical (unpaired) electrons. The first kappa shape index (κ1) is 22.8. The first-order valence-corrected chi connectivity index (χ1v) is 10.9. The second-order valence-electron chi connectivity index (χ2n) is 7.88. The van der Waals surface area contributed by atoms with Crippen LogP contribution in [0.1, 0.15) is 30.9 Å². The summed E-state index contributed by atoms with van der Waals surface area (Å²) in [6.45, 7) is 3.28. The Kier molecular flexibility index (Phi) is 8.04. The summed E-state index contributed by atoms with van der Waals surface area (Å²) in [5.41, 5.74) is 3.13. The number of benzene rings is 2. The summed E-state index contributed by atoms with van der Waals surface area (Å²) in [5, 5.41) is 3.21. The number of cyclic esters (lactones) is 1. The van der Waals surface area contributed by atoms with Crippen LogP contribution in [0.3, 0.4) is 0 Å². The molecule has 1 saturated heterocycles. The lowest BCUT2D eigenvalue weighted by Crippen LogP contribution is -2.20. The van der Waals surface area contributed by atoms with E-state index in [2.05, 4.69) is 18.3 Å². The zero-order chi connectivity index (χ0) is 22.2. The number of unbranched alkanes of at least 4 members (excludes halogenated alkanes) is 1. The predicted molar refractivity (Wildman–Crippen MR) is 121 cm³/mol. The molecule has 1 aliphatic rings. The van der Waals surface area contributed by atoms with Gasteiger partial charge in [-0.2, -0.15) is 0 Å². The summed E-state index contributed by atoms with van der Waals surface area (Å²) in [5.74, 6) is 2.05. The standard InChI is InChI=1S/C25H33NO5/c1-5-6-11-30-22-9-7-18(14-21(22)26-2)13-20-19(16-31-25(20)27)12-17-8-10-23(28-3)24(15-17)29-4/h7-10,14-15,19-20,26H,5-6,11-13,16H2,1-4H3/t19-,20+/m0/s1. The highest BCUT2D eigenvalue weighted by Crippen LogP contribution is 2.34. The van der Waals surface area contributed by atoms with Crippen LogP contribution in [0.2, 0.25) is 0 Å². The Morgan fingerprint density at radius 2 is 1.71 bits per heavy atom. The number of rotatable bonds is 11. The average molecular weight is 428 g/mol. The molecule has 0 spiro atoms. The molecule has 0 unspecified atom stereocenters. The second-order valence-corrected chi connectivity index (χ2v) is 7.88. The van der Waals surface area contributed by atoms with Gasteiger partial charge >= 0.3 is 5.97 Å². The highest BCUT2D eigenvalue weighted by atomic mass is 16.5. The van der Waals surface area contributed by atoms with Gasteiger partial charge in [-0.05, 0) is 54.7 Å². The molecule has 1 fully saturated rings. The molecular formula is C25H33NO5. The number of carbonyl (C=O) groups is 1. The maximum atomic E-state index is 12.5. The summed E-state index contributed by atoms with van der Waals surface area (Å²) in [6, 6.07) is 12.0. The number of hydrogen-bond donors (Lipinski definition) is 1. The molecule has 0 aliphatic carbocycles. The van der Waals surface area contributed by atoms with E-state index < -0.39 is 0 Å². The summed E-state index contributed by atoms with van der Waals surface area (Å²) in [6.07, 6.45) is 3.50. The lowest BCUT2D eigenvalue weighted by molar-refractivity contribution is -0.141. The van der Waals surface area contributed by atoms with Crippen molar-refractivity contribution in [2.75, 3.05) is 39.8 Å². The number of esters is 1. The number of anilines is 1. The summed E-state index contributed by atoms with van der Waals surface area (Å²) in [7, 11) is 5.13. The van der Waals surface area contributed by atoms with E-state index in [1.165, 1.54) is 0 Å². The van der Waals surface area contributed by atoms with E-state index in [0.29, 0.717) is 31.1 Å². The zero-order valence-corrected chi connectivity index (χ0v) is 18.9. The minimum Gasteiger partial charge on any atom is -0.493 e. The maximum Gasteiger partial charge on any atom is 0.309 e. The summed E-state index contributed by atoms with van der Waals surface area (Å²) < 4.78 is 22.0. The van der Waals surface area contributed by atoms with Crippen molar-refractivity contribution in [3.63, 3.8) is 0 Å². The third-order valence-corrected chi connectivity index (χ3v) is 5.78. The molecule has 2 aromatic carbocycles. The molecule has 0 aromatic heterocycles. The minimum atomic E-state index is -0.176. The molecule has 1 N–H and O–H groups in total. The number of methoxy groups -OCH3 is 2. The van der Waals surface area contributed by atoms with Crippen molar-refractivity contribution < 1.29 is 23.7 Å². The van der Waals surface area contributed by atoms with Gasteiger partial charge in [0.1, 0.15) is 5.75 Å². The Balaban J connectivity index is 1.72. The van der Waals surface area contributed by atoms with E-state index in [1.54, 1.807) is 14.2 Å². The molecule has 6 heteroatoms. The smallest absolute Gasteiger partial charge is 0.309 e. The molecule has 31 heavy (non-hydrogen) atoms. The van der Waals surface area contributed by atoms with Gasteiger partial charge in [-0.25, -0.2) is 0 Å². The van der Waals surface area contributed by atoms with Crippen molar-refractivity contribution in [3.05, 3.63) is 47.5 Å². The van der Waals surface area contributed by atoms with Crippen LogP contribution in [0.25, 0.3) is 0 Å². The van der Waals surface area contributed by atoms with Crippen LogP contribution in [-0.4, -0.2) is 40.5 Å². The van der Waals surface area contributed by atoms with Crippen molar-refractivity contribution in [2.45, 2.75) is 32.6 Å². The predicted octanol–water partition coefficient (Wildman–Crippen LogP) is 4.50. The Morgan fingerprint density at radius 1 is 1.00 bits per heavy atom. The lowest BCUT2D eigenvalue weighted by Gasteiger charge is -2.18. The van der Waals surface area contributed by atoms with E-state index in [1.807, 2.05) is 37.4 Å². The van der Waals surface area contributed by atoms with Crippen LogP contribution >= 0.6 is 0 Å². The minimum absolute atomic E-state index is 0.115. The average Bonchev–Trinajstić information content (AvgIpc) is 3.13. The molecule has 0 saturated carbocycles. The van der Waals surface area contributed by atoms with Crippen LogP contribution in [0, 0.1) is 11.8 Å². The number of nitrogens with one attached hydrogen (secondary N) is 1. The third-order valence-electron chi connectivity index (χ3n) is 5.78. The van der Waals surface area contributed by atoms with Crippen LogP contribution in [0.4, 0.5) is 5.69 Å². The number of ether oxygens (including phenoxy) is 4. The monoisotopic (exact) mass is 427 g/mol. The first-order valence-electron chi connectivity index (χ1n) is 10.9. The van der Waals surface area contributed by atoms with Crippen LogP contribution in [-0.2, 0) is 22.4 Å². The second kappa shape index (κ2) is 10.9. The molecular weight excluding hydrogens is 394 g/mol. The molecule has 3 rings (SSSR count). The fourth-order valence-corrected chi connectivity index (χ4v) is 3.97. The van der Waals surface area contributed by atoms with Crippen LogP contribution in [0.15, 0.2) is 36.4 Å². The van der Waals surface area contributed by atoms with Crippen molar-refractivity contribution >= 4 is 11.7 Å². The van der Waals surface area contributed by atoms with Gasteiger partial charge in [-0.1, -0.05) is 25.5 Å². The molecule has 0 amide bonds. The molecule has 1 aliphatic heterocycles. The SMILES string of the molecule is CCCCOc1ccc(C[C@H]2C(=O)OC[C@@H]2Cc2ccc(OC)c(OC)c2)cc1NC. The van der Waals surface area contributed by atoms with Crippen LogP contribution in [0.5, 0.6) is 17.2 Å². The quantitative estimate of drug-likeness (QED) is 0.421. The zero-order valence-electron chi connectivity index (χ0n) is 18.9. The Labute approximate surface area is 184 Å². The Hall–Kier alpha value is -2.89. The van der Waals surface area contributed by atoms with Gasteiger partial charge in [-0.15, -0.1) is 0 Å². The van der Waals surface area contributed by atoms with Crippen LogP contribution < -0.4 is 19.5 Å². The van der Waals surface area contributed by atoms with E-state index in [-0.39, 0.29) is 17.8 Å². The van der Waals surface area contributed by atoms with Crippen molar-refractivity contribution in [3.8, 4) is 17.2 Å². The Morgan fingerprint density at radius 3 is 2.39 bits per heavy atom. The van der Waals surface area contributed by atoms with Gasteiger partial charge in [-0.3, -0.25) is 4.79 Å². The molecule has 2 aromatic rings. The van der Waals surface area contributed by atoms with Crippen molar-refractivity contribution in [1.82, 2.24) is 0 Å². The maximum absolute atomic E-state index is 12.5. The molecule has 0 bridgehead atoms. The van der Waals surface area contributed by atoms with Gasteiger partial charge in [0.25, 0.3) is 0 Å². The van der Waals surface area contributed by atoms with Gasteiger partial charge in [0.15, 0.2) is 11.5 Å². The van der Waals surface area contributed by atoms with Gasteiger partial charge in [0.05, 0.1) is 39.0 Å². The fourth-order valence-electron chi connectivity index (χ4n) is 3.97. The largest absolute Gasteiger partial charge is 0.493 e. The van der Waals surface area contributed by atoms with Crippen molar-refractivity contribution in [1.29, 1.82) is 0 Å². The number of carbonyl (C=O) groups excluding carboxylic acids is 1.